The van der Waals surface area contributed by atoms with Gasteiger partial charge in [0.2, 0.25) is 0 Å². The summed E-state index contributed by atoms with van der Waals surface area (Å²) in [5.74, 6) is 0.145. The molecule has 0 saturated carbocycles. The van der Waals surface area contributed by atoms with Gasteiger partial charge in [-0.2, -0.15) is 26.3 Å². The van der Waals surface area contributed by atoms with Crippen molar-refractivity contribution in [2.24, 2.45) is 11.7 Å². The number of carbonyl (C=O) groups is 1. The van der Waals surface area contributed by atoms with Crippen LogP contribution >= 0.6 is 95.2 Å². The minimum atomic E-state index is -4.58. The predicted molar refractivity (Wildman–Crippen MR) is 332 cm³/mol. The number of alkyl halides is 6. The monoisotopic (exact) mass is 1380 g/mol. The Hall–Kier alpha value is -2.46. The quantitative estimate of drug-likeness (QED) is 0.0583. The van der Waals surface area contributed by atoms with Gasteiger partial charge in [-0.1, -0.05) is 58.5 Å². The van der Waals surface area contributed by atoms with Crippen LogP contribution in [-0.4, -0.2) is 138 Å². The highest BCUT2D eigenvalue weighted by Crippen LogP contribution is 2.45. The van der Waals surface area contributed by atoms with Crippen molar-refractivity contribution in [3.8, 4) is 0 Å². The van der Waals surface area contributed by atoms with Crippen molar-refractivity contribution >= 4 is 112 Å². The smallest absolute Gasteiger partial charge is 0.434 e. The molecule has 2 aliphatic carbocycles. The van der Waals surface area contributed by atoms with Gasteiger partial charge >= 0.3 is 18.3 Å². The van der Waals surface area contributed by atoms with Crippen molar-refractivity contribution in [3.63, 3.8) is 0 Å². The molecule has 82 heavy (non-hydrogen) atoms. The Morgan fingerprint density at radius 1 is 0.671 bits per heavy atom. The minimum Gasteiger partial charge on any atom is -0.460 e. The number of fused-ring (bicyclic) bond motifs is 4. The first-order valence-corrected chi connectivity index (χ1v) is 29.2. The Morgan fingerprint density at radius 3 is 1.52 bits per heavy atom. The van der Waals surface area contributed by atoms with Crippen molar-refractivity contribution in [3.05, 3.63) is 137 Å². The van der Waals surface area contributed by atoms with Crippen molar-refractivity contribution < 1.29 is 44.8 Å². The second-order valence-corrected chi connectivity index (χ2v) is 26.1. The van der Waals surface area contributed by atoms with E-state index in [1.54, 1.807) is 12.1 Å². The number of pyridine rings is 2. The highest BCUT2D eigenvalue weighted by Gasteiger charge is 2.45. The SMILES string of the molecule is CC(C)(C)OC(=O)CC1CC[N+](C)(CC2C3=C(CCN2CCCc2ccc(Cl)c(C(F)(F)F)n2)c2cc(Cl)ccc2C3)C1.C[N+]1(CC2C3=C(CCN2CCCc2ccc(Cl)c(C(F)(F)F)n2)c2cc(Cl)ccc2C3)CCC(N)C1.Cl.Cl.I. The molecular formula is C60H76Cl6F6IN7O2+2. The third-order valence-electron chi connectivity index (χ3n) is 17.0. The van der Waals surface area contributed by atoms with Gasteiger partial charge in [-0.25, -0.2) is 9.97 Å². The summed E-state index contributed by atoms with van der Waals surface area (Å²) in [4.78, 5) is 25.3. The Bertz CT molecular complexity index is 3000. The molecule has 0 spiro atoms. The maximum absolute atomic E-state index is 13.4. The number of likely N-dealkylation sites (N-methyl/N-ethyl adjacent to an activating group) is 2. The molecule has 2 aromatic heterocycles. The summed E-state index contributed by atoms with van der Waals surface area (Å²) >= 11 is 24.3. The topological polar surface area (TPSA) is 84.6 Å². The predicted octanol–water partition coefficient (Wildman–Crippen LogP) is 14.7. The summed E-state index contributed by atoms with van der Waals surface area (Å²) in [5, 5.41) is 0.770. The molecule has 0 radical (unpaired) electrons. The summed E-state index contributed by atoms with van der Waals surface area (Å²) in [6.07, 6.45) is -0.649. The average Bonchev–Trinajstić information content (AvgIpc) is 4.15. The zero-order valence-electron chi connectivity index (χ0n) is 47.0. The fourth-order valence-electron chi connectivity index (χ4n) is 13.5. The summed E-state index contributed by atoms with van der Waals surface area (Å²) < 4.78 is 87.2. The zero-order valence-corrected chi connectivity index (χ0v) is 54.0. The van der Waals surface area contributed by atoms with Gasteiger partial charge in [-0.15, -0.1) is 48.8 Å². The zero-order chi connectivity index (χ0) is 56.8. The fraction of sp³-hybridized carbons (Fsp3) is 0.550. The van der Waals surface area contributed by atoms with Gasteiger partial charge in [0.25, 0.3) is 0 Å². The van der Waals surface area contributed by atoms with E-state index < -0.39 is 29.3 Å². The third kappa shape index (κ3) is 16.8. The number of hydrogen-bond donors (Lipinski definition) is 1. The van der Waals surface area contributed by atoms with Gasteiger partial charge in [0.1, 0.15) is 5.60 Å². The van der Waals surface area contributed by atoms with E-state index in [0.29, 0.717) is 37.1 Å². The lowest BCUT2D eigenvalue weighted by Gasteiger charge is -2.42. The molecule has 2 fully saturated rings. The Kier molecular flexibility index (Phi) is 23.2. The van der Waals surface area contributed by atoms with Crippen molar-refractivity contribution in [2.45, 2.75) is 127 Å². The van der Waals surface area contributed by atoms with E-state index in [2.05, 4.69) is 58.1 Å². The lowest BCUT2D eigenvalue weighted by molar-refractivity contribution is -0.900. The van der Waals surface area contributed by atoms with Gasteiger partial charge in [-0.05, 0) is 178 Å². The third-order valence-corrected chi connectivity index (χ3v) is 18.1. The molecule has 2 saturated heterocycles. The minimum absolute atomic E-state index is 0. The molecule has 6 heterocycles. The summed E-state index contributed by atoms with van der Waals surface area (Å²) in [7, 11) is 4.59. The Balaban J connectivity index is 0.000000258. The molecule has 2 N–H and O–H groups in total. The normalized spacial score (nSPS) is 24.3. The lowest BCUT2D eigenvalue weighted by Crippen LogP contribution is -2.55. The first-order valence-electron chi connectivity index (χ1n) is 27.7. The highest BCUT2D eigenvalue weighted by molar-refractivity contribution is 14.0. The van der Waals surface area contributed by atoms with Crippen LogP contribution in [0.2, 0.25) is 20.1 Å². The van der Waals surface area contributed by atoms with Crippen LogP contribution in [0.15, 0.2) is 71.8 Å². The second kappa shape index (κ2) is 27.7. The molecule has 6 aliphatic rings. The van der Waals surface area contributed by atoms with Crippen LogP contribution in [-0.2, 0) is 47.6 Å². The lowest BCUT2D eigenvalue weighted by atomic mass is 9.91. The first-order chi connectivity index (χ1) is 37.1. The number of aryl methyl sites for hydroxylation is 2. The summed E-state index contributed by atoms with van der Waals surface area (Å²) in [6, 6.07) is 18.9. The van der Waals surface area contributed by atoms with Gasteiger partial charge in [0.15, 0.2) is 11.4 Å². The molecule has 6 atom stereocenters. The number of rotatable bonds is 14. The molecule has 0 bridgehead atoms. The van der Waals surface area contributed by atoms with Crippen LogP contribution in [0, 0.1) is 5.92 Å². The van der Waals surface area contributed by atoms with Crippen LogP contribution in [0.3, 0.4) is 0 Å². The van der Waals surface area contributed by atoms with E-state index in [0.717, 1.165) is 129 Å². The standard InChI is InChI=1S/C33H41Cl2F3N3O2.C27H32Cl2F3N4.2ClH.HI/c1-32(2,3)43-30(42)16-21-12-15-41(4,19-21)20-29-27-17-22-7-8-23(34)18-26(22)25(27)11-14-40(29)13-5-6-24-9-10-28(35)31(39-24)33(36,37)38;1-36(12-9-19(33)15-36)16-25-23-13-17-4-5-18(28)14-22(17)21(23)8-11-35(25)10-2-3-20-6-7-24(29)26(34-20)27(30,31)32;;;/h7-10,18,21,29H,5-6,11-17,19-20H2,1-4H3;4-7,14,19,25H,2-3,8-13,15-16,33H2,1H3;3*1H/q2*+1;;;. The van der Waals surface area contributed by atoms with E-state index in [1.165, 1.54) is 56.7 Å². The number of nitrogens with zero attached hydrogens (tertiary/aromatic N) is 6. The van der Waals surface area contributed by atoms with E-state index in [1.807, 2.05) is 32.9 Å². The maximum Gasteiger partial charge on any atom is 0.434 e. The van der Waals surface area contributed by atoms with Crippen LogP contribution in [0.5, 0.6) is 0 Å². The number of nitrogens with two attached hydrogens (primary N) is 1. The molecule has 452 valence electrons. The number of likely N-dealkylation sites (tertiary alicyclic amines) is 2. The number of carbonyl (C=O) groups excluding carboxylic acids is 1. The summed E-state index contributed by atoms with van der Waals surface area (Å²) in [5.41, 5.74) is 15.5. The van der Waals surface area contributed by atoms with Crippen molar-refractivity contribution in [1.82, 2.24) is 19.8 Å². The number of hydrogen-bond acceptors (Lipinski definition) is 7. The molecule has 0 amide bonds. The van der Waals surface area contributed by atoms with E-state index in [9.17, 15) is 31.1 Å². The molecule has 4 aromatic rings. The Morgan fingerprint density at radius 2 is 1.11 bits per heavy atom. The van der Waals surface area contributed by atoms with E-state index in [4.69, 9.17) is 56.9 Å². The number of aromatic nitrogens is 2. The van der Waals surface area contributed by atoms with Gasteiger partial charge < -0.3 is 19.4 Å². The molecule has 6 unspecified atom stereocenters. The second-order valence-electron chi connectivity index (χ2n) is 24.4. The molecule has 22 heteroatoms. The first kappa shape index (κ1) is 68.7. The fourth-order valence-corrected chi connectivity index (χ4v) is 14.2. The van der Waals surface area contributed by atoms with Crippen LogP contribution in [0.1, 0.15) is 111 Å². The number of quaternary nitrogens is 2. The number of halogens is 13. The maximum atomic E-state index is 13.4. The van der Waals surface area contributed by atoms with Gasteiger partial charge in [0.05, 0.1) is 88.0 Å². The molecule has 2 aromatic carbocycles. The molecule has 9 nitrogen and oxygen atoms in total. The van der Waals surface area contributed by atoms with E-state index >= 15 is 0 Å². The van der Waals surface area contributed by atoms with Crippen molar-refractivity contribution in [2.75, 3.05) is 79.5 Å². The number of esters is 1. The van der Waals surface area contributed by atoms with Crippen LogP contribution in [0.25, 0.3) is 11.1 Å². The van der Waals surface area contributed by atoms with E-state index in [-0.39, 0.29) is 88.8 Å². The molecule has 4 aliphatic heterocycles. The largest absolute Gasteiger partial charge is 0.460 e. The van der Waals surface area contributed by atoms with Gasteiger partial charge in [0, 0.05) is 53.3 Å². The molecule has 10 rings (SSSR count). The number of ether oxygens (including phenoxy) is 1. The Labute approximate surface area is 528 Å². The summed E-state index contributed by atoms with van der Waals surface area (Å²) in [6.45, 7) is 14.9. The van der Waals surface area contributed by atoms with Crippen LogP contribution in [0.4, 0.5) is 26.3 Å². The van der Waals surface area contributed by atoms with Gasteiger partial charge in [-0.3, -0.25) is 14.6 Å². The highest BCUT2D eigenvalue weighted by atomic mass is 127. The van der Waals surface area contributed by atoms with Crippen molar-refractivity contribution in [1.29, 1.82) is 0 Å². The number of benzene rings is 2. The molecular weight excluding hydrogens is 1300 g/mol. The van der Waals surface area contributed by atoms with Crippen LogP contribution < -0.4 is 5.73 Å². The average molecular weight is 1380 g/mol.